The molecule has 0 unspecified atom stereocenters. The number of anilines is 2. The van der Waals surface area contributed by atoms with Crippen LogP contribution >= 0.6 is 0 Å². The van der Waals surface area contributed by atoms with E-state index in [9.17, 15) is 4.79 Å². The zero-order valence-electron chi connectivity index (χ0n) is 10.2. The van der Waals surface area contributed by atoms with Gasteiger partial charge in [-0.2, -0.15) is 5.26 Å². The summed E-state index contributed by atoms with van der Waals surface area (Å²) in [6, 6.07) is 9.11. The van der Waals surface area contributed by atoms with E-state index < -0.39 is 0 Å². The number of aromatic nitrogens is 2. The number of nitrogens with zero attached hydrogens (tertiary/aromatic N) is 4. The number of aryl methyl sites for hydroxylation is 1. The van der Waals surface area contributed by atoms with Crippen LogP contribution in [0.4, 0.5) is 11.5 Å². The molecule has 0 aliphatic rings. The average Bonchev–Trinajstić information content (AvgIpc) is 2.41. The van der Waals surface area contributed by atoms with E-state index in [1.807, 2.05) is 6.07 Å². The second-order valence-electron chi connectivity index (χ2n) is 3.89. The van der Waals surface area contributed by atoms with Crippen molar-refractivity contribution in [1.82, 2.24) is 9.55 Å². The van der Waals surface area contributed by atoms with Gasteiger partial charge in [-0.15, -0.1) is 0 Å². The molecule has 1 aromatic carbocycles. The van der Waals surface area contributed by atoms with Crippen molar-refractivity contribution < 1.29 is 0 Å². The van der Waals surface area contributed by atoms with Crippen LogP contribution in [0.2, 0.25) is 0 Å². The van der Waals surface area contributed by atoms with Crippen molar-refractivity contribution in [2.75, 3.05) is 11.9 Å². The first-order valence-corrected chi connectivity index (χ1v) is 5.39. The SMILES string of the molecule is CN(c1cccc(C#N)c1)c1nccn(C)c1=O. The van der Waals surface area contributed by atoms with Gasteiger partial charge in [0.05, 0.1) is 11.6 Å². The van der Waals surface area contributed by atoms with Crippen molar-refractivity contribution in [3.05, 3.63) is 52.6 Å². The van der Waals surface area contributed by atoms with Gasteiger partial charge in [0, 0.05) is 32.2 Å². The van der Waals surface area contributed by atoms with Gasteiger partial charge in [0.15, 0.2) is 5.82 Å². The first-order valence-electron chi connectivity index (χ1n) is 5.39. The second-order valence-corrected chi connectivity index (χ2v) is 3.89. The Balaban J connectivity index is 2.48. The summed E-state index contributed by atoms with van der Waals surface area (Å²) in [6.07, 6.45) is 3.17. The van der Waals surface area contributed by atoms with E-state index in [1.54, 1.807) is 49.6 Å². The Bertz CT molecular complexity index is 669. The first-order chi connectivity index (χ1) is 8.63. The van der Waals surface area contributed by atoms with Gasteiger partial charge < -0.3 is 9.47 Å². The van der Waals surface area contributed by atoms with Crippen LogP contribution in [0.3, 0.4) is 0 Å². The normalized spacial score (nSPS) is 9.83. The van der Waals surface area contributed by atoms with Crippen LogP contribution < -0.4 is 10.5 Å². The third kappa shape index (κ3) is 2.09. The molecule has 0 radical (unpaired) electrons. The zero-order chi connectivity index (χ0) is 13.1. The number of hydrogen-bond acceptors (Lipinski definition) is 4. The van der Waals surface area contributed by atoms with Gasteiger partial charge in [0.1, 0.15) is 0 Å². The third-order valence-electron chi connectivity index (χ3n) is 2.68. The standard InChI is InChI=1S/C13H12N4O/c1-16-7-6-15-12(13(16)18)17(2)11-5-3-4-10(8-11)9-14/h3-8H,1-2H3. The highest BCUT2D eigenvalue weighted by molar-refractivity contribution is 5.60. The highest BCUT2D eigenvalue weighted by Crippen LogP contribution is 2.19. The predicted molar refractivity (Wildman–Crippen MR) is 68.7 cm³/mol. The minimum atomic E-state index is -0.178. The van der Waals surface area contributed by atoms with Crippen molar-refractivity contribution in [1.29, 1.82) is 5.26 Å². The zero-order valence-corrected chi connectivity index (χ0v) is 10.2. The van der Waals surface area contributed by atoms with E-state index in [4.69, 9.17) is 5.26 Å². The maximum Gasteiger partial charge on any atom is 0.293 e. The molecule has 0 bridgehead atoms. The van der Waals surface area contributed by atoms with Crippen molar-refractivity contribution >= 4 is 11.5 Å². The van der Waals surface area contributed by atoms with E-state index in [1.165, 1.54) is 4.57 Å². The third-order valence-corrected chi connectivity index (χ3v) is 2.68. The highest BCUT2D eigenvalue weighted by Gasteiger charge is 2.10. The van der Waals surface area contributed by atoms with Crippen LogP contribution in [0.5, 0.6) is 0 Å². The molecule has 0 fully saturated rings. The minimum absolute atomic E-state index is 0.178. The summed E-state index contributed by atoms with van der Waals surface area (Å²) in [4.78, 5) is 17.7. The Morgan fingerprint density at radius 3 is 2.94 bits per heavy atom. The number of rotatable bonds is 2. The second kappa shape index (κ2) is 4.72. The summed E-state index contributed by atoms with van der Waals surface area (Å²) in [5, 5.41) is 8.86. The first kappa shape index (κ1) is 11.9. The Hall–Kier alpha value is -2.61. The lowest BCUT2D eigenvalue weighted by Gasteiger charge is -2.17. The summed E-state index contributed by atoms with van der Waals surface area (Å²) in [6.45, 7) is 0. The molecular formula is C13H12N4O. The van der Waals surface area contributed by atoms with Gasteiger partial charge >= 0.3 is 0 Å². The molecule has 5 nitrogen and oxygen atoms in total. The predicted octanol–water partition coefficient (Wildman–Crippen LogP) is 1.42. The largest absolute Gasteiger partial charge is 0.325 e. The number of benzene rings is 1. The fraction of sp³-hybridized carbons (Fsp3) is 0.154. The maximum atomic E-state index is 11.9. The van der Waals surface area contributed by atoms with Crippen LogP contribution in [0.25, 0.3) is 0 Å². The van der Waals surface area contributed by atoms with Gasteiger partial charge in [-0.25, -0.2) is 4.98 Å². The fourth-order valence-corrected chi connectivity index (χ4v) is 1.62. The highest BCUT2D eigenvalue weighted by atomic mass is 16.1. The van der Waals surface area contributed by atoms with Crippen LogP contribution in [0, 0.1) is 11.3 Å². The lowest BCUT2D eigenvalue weighted by Crippen LogP contribution is -2.26. The van der Waals surface area contributed by atoms with Crippen molar-refractivity contribution in [3.63, 3.8) is 0 Å². The average molecular weight is 240 g/mol. The summed E-state index contributed by atoms with van der Waals surface area (Å²) < 4.78 is 1.47. The van der Waals surface area contributed by atoms with E-state index in [-0.39, 0.29) is 5.56 Å². The Morgan fingerprint density at radius 2 is 2.22 bits per heavy atom. The Kier molecular flexibility index (Phi) is 3.11. The number of hydrogen-bond donors (Lipinski definition) is 0. The van der Waals surface area contributed by atoms with Crippen LogP contribution in [-0.4, -0.2) is 16.6 Å². The molecule has 0 saturated carbocycles. The lowest BCUT2D eigenvalue weighted by molar-refractivity contribution is 0.833. The quantitative estimate of drug-likeness (QED) is 0.796. The molecule has 2 rings (SSSR count). The van der Waals surface area contributed by atoms with E-state index >= 15 is 0 Å². The molecule has 1 heterocycles. The molecule has 90 valence electrons. The molecule has 0 N–H and O–H groups in total. The molecule has 18 heavy (non-hydrogen) atoms. The molecule has 0 amide bonds. The maximum absolute atomic E-state index is 11.9. The summed E-state index contributed by atoms with van der Waals surface area (Å²) >= 11 is 0. The van der Waals surface area contributed by atoms with E-state index in [0.717, 1.165) is 5.69 Å². The lowest BCUT2D eigenvalue weighted by atomic mass is 10.2. The Labute approximate surface area is 105 Å². The van der Waals surface area contributed by atoms with Crippen molar-refractivity contribution in [2.45, 2.75) is 0 Å². The molecule has 2 aromatic rings. The monoisotopic (exact) mass is 240 g/mol. The summed E-state index contributed by atoms with van der Waals surface area (Å²) in [5.74, 6) is 0.329. The molecule has 5 heteroatoms. The molecule has 0 spiro atoms. The Morgan fingerprint density at radius 1 is 1.44 bits per heavy atom. The molecule has 0 saturated heterocycles. The van der Waals surface area contributed by atoms with Gasteiger partial charge in [0.25, 0.3) is 5.56 Å². The topological polar surface area (TPSA) is 61.9 Å². The summed E-state index contributed by atoms with van der Waals surface area (Å²) in [7, 11) is 3.42. The van der Waals surface area contributed by atoms with Gasteiger partial charge in [-0.3, -0.25) is 4.79 Å². The molecule has 1 aromatic heterocycles. The fourth-order valence-electron chi connectivity index (χ4n) is 1.62. The molecule has 0 aliphatic heterocycles. The van der Waals surface area contributed by atoms with Crippen LogP contribution in [0.15, 0.2) is 41.5 Å². The molecule has 0 atom stereocenters. The number of nitriles is 1. The van der Waals surface area contributed by atoms with Crippen LogP contribution in [0.1, 0.15) is 5.56 Å². The molecule has 0 aliphatic carbocycles. The van der Waals surface area contributed by atoms with Gasteiger partial charge in [-0.05, 0) is 18.2 Å². The van der Waals surface area contributed by atoms with Crippen molar-refractivity contribution in [2.24, 2.45) is 7.05 Å². The van der Waals surface area contributed by atoms with Gasteiger partial charge in [0.2, 0.25) is 0 Å². The van der Waals surface area contributed by atoms with Gasteiger partial charge in [-0.1, -0.05) is 6.07 Å². The smallest absolute Gasteiger partial charge is 0.293 e. The van der Waals surface area contributed by atoms with Crippen molar-refractivity contribution in [3.8, 4) is 6.07 Å². The molecular weight excluding hydrogens is 228 g/mol. The van der Waals surface area contributed by atoms with E-state index in [0.29, 0.717) is 11.4 Å². The van der Waals surface area contributed by atoms with E-state index in [2.05, 4.69) is 11.1 Å². The minimum Gasteiger partial charge on any atom is -0.325 e. The summed E-state index contributed by atoms with van der Waals surface area (Å²) in [5.41, 5.74) is 1.12. The van der Waals surface area contributed by atoms with Crippen LogP contribution in [-0.2, 0) is 7.05 Å².